The molecule has 0 aliphatic carbocycles. The van der Waals surface area contributed by atoms with Crippen LogP contribution in [0.1, 0.15) is 25.0 Å². The first-order valence-electron chi connectivity index (χ1n) is 6.66. The van der Waals surface area contributed by atoms with Crippen molar-refractivity contribution in [3.8, 4) is 0 Å². The van der Waals surface area contributed by atoms with Crippen molar-refractivity contribution in [2.75, 3.05) is 0 Å². The summed E-state index contributed by atoms with van der Waals surface area (Å²) in [7, 11) is 0. The van der Waals surface area contributed by atoms with E-state index < -0.39 is 0 Å². The van der Waals surface area contributed by atoms with Gasteiger partial charge < -0.3 is 9.88 Å². The minimum absolute atomic E-state index is 0.169. The Kier molecular flexibility index (Phi) is 4.53. The predicted molar refractivity (Wildman–Crippen MR) is 78.6 cm³/mol. The number of nitrogens with zero attached hydrogens (tertiary/aromatic N) is 2. The van der Waals surface area contributed by atoms with Gasteiger partial charge in [-0.2, -0.15) is 0 Å². The van der Waals surface area contributed by atoms with Gasteiger partial charge in [0, 0.05) is 36.6 Å². The molecular weight excluding hydrogens is 254 g/mol. The summed E-state index contributed by atoms with van der Waals surface area (Å²) in [6.45, 7) is 5.52. The van der Waals surface area contributed by atoms with Gasteiger partial charge in [0.1, 0.15) is 0 Å². The van der Waals surface area contributed by atoms with E-state index in [0.717, 1.165) is 12.1 Å². The molecule has 0 radical (unpaired) electrons. The summed E-state index contributed by atoms with van der Waals surface area (Å²) >= 11 is 0. The Bertz CT molecular complexity index is 590. The first-order chi connectivity index (χ1) is 9.56. The van der Waals surface area contributed by atoms with Gasteiger partial charge in [-0.3, -0.25) is 10.1 Å². The van der Waals surface area contributed by atoms with E-state index in [1.807, 2.05) is 29.1 Å². The van der Waals surface area contributed by atoms with Crippen molar-refractivity contribution in [1.29, 1.82) is 0 Å². The van der Waals surface area contributed by atoms with Gasteiger partial charge in [-0.05, 0) is 11.6 Å². The molecule has 20 heavy (non-hydrogen) atoms. The Morgan fingerprint density at radius 2 is 2.05 bits per heavy atom. The Morgan fingerprint density at radius 1 is 1.30 bits per heavy atom. The molecule has 0 saturated heterocycles. The summed E-state index contributed by atoms with van der Waals surface area (Å²) in [5.74, 6) is 0. The lowest BCUT2D eigenvalue weighted by Crippen LogP contribution is -2.21. The zero-order chi connectivity index (χ0) is 14.5. The van der Waals surface area contributed by atoms with Crippen LogP contribution >= 0.6 is 0 Å². The number of para-hydroxylation sites is 1. The monoisotopic (exact) mass is 273 g/mol. The molecule has 5 heteroatoms. The lowest BCUT2D eigenvalue weighted by atomic mass is 10.2. The van der Waals surface area contributed by atoms with Gasteiger partial charge in [-0.1, -0.05) is 32.0 Å². The maximum Gasteiger partial charge on any atom is 0.274 e. The third kappa shape index (κ3) is 3.68. The fraction of sp³-hybridized carbons (Fsp3) is 0.333. The molecule has 106 valence electrons. The molecule has 2 aromatic rings. The van der Waals surface area contributed by atoms with Crippen LogP contribution in [0.25, 0.3) is 0 Å². The number of hydrogen-bond acceptors (Lipinski definition) is 3. The zero-order valence-electron chi connectivity index (χ0n) is 11.7. The lowest BCUT2D eigenvalue weighted by Gasteiger charge is -2.06. The van der Waals surface area contributed by atoms with Gasteiger partial charge >= 0.3 is 0 Å². The van der Waals surface area contributed by atoms with Crippen molar-refractivity contribution in [2.45, 2.75) is 33.0 Å². The summed E-state index contributed by atoms with van der Waals surface area (Å²) in [5, 5.41) is 14.3. The molecule has 0 unspecified atom stereocenters. The van der Waals surface area contributed by atoms with Gasteiger partial charge in [-0.15, -0.1) is 0 Å². The summed E-state index contributed by atoms with van der Waals surface area (Å²) in [5.41, 5.74) is 2.07. The molecule has 0 saturated carbocycles. The van der Waals surface area contributed by atoms with Crippen molar-refractivity contribution < 1.29 is 4.92 Å². The first-order valence-corrected chi connectivity index (χ1v) is 6.66. The molecular formula is C15H19N3O2. The second-order valence-electron chi connectivity index (χ2n) is 5.11. The number of nitro benzene ring substituents is 1. The number of hydrogen-bond donors (Lipinski definition) is 1. The quantitative estimate of drug-likeness (QED) is 0.650. The Labute approximate surface area is 118 Å². The zero-order valence-corrected chi connectivity index (χ0v) is 11.7. The van der Waals surface area contributed by atoms with Gasteiger partial charge in [0.25, 0.3) is 5.69 Å². The first kappa shape index (κ1) is 14.3. The molecule has 1 heterocycles. The van der Waals surface area contributed by atoms with E-state index in [9.17, 15) is 10.1 Å². The SMILES string of the molecule is CC(C)NCc1ccn(Cc2ccccc2[N+](=O)[O-])c1. The second-order valence-corrected chi connectivity index (χ2v) is 5.11. The molecule has 0 amide bonds. The summed E-state index contributed by atoms with van der Waals surface area (Å²) < 4.78 is 1.97. The van der Waals surface area contributed by atoms with Crippen LogP contribution in [0.2, 0.25) is 0 Å². The Morgan fingerprint density at radius 3 is 2.75 bits per heavy atom. The van der Waals surface area contributed by atoms with Gasteiger partial charge in [0.05, 0.1) is 11.5 Å². The van der Waals surface area contributed by atoms with Crippen LogP contribution < -0.4 is 5.32 Å². The molecule has 0 bridgehead atoms. The molecule has 1 aromatic heterocycles. The third-order valence-electron chi connectivity index (χ3n) is 3.07. The normalized spacial score (nSPS) is 10.9. The average molecular weight is 273 g/mol. The van der Waals surface area contributed by atoms with Crippen LogP contribution in [0.4, 0.5) is 5.69 Å². The number of benzene rings is 1. The molecule has 1 N–H and O–H groups in total. The Hall–Kier alpha value is -2.14. The molecule has 5 nitrogen and oxygen atoms in total. The largest absolute Gasteiger partial charge is 0.349 e. The van der Waals surface area contributed by atoms with Crippen LogP contribution in [0.15, 0.2) is 42.7 Å². The topological polar surface area (TPSA) is 60.1 Å². The minimum Gasteiger partial charge on any atom is -0.349 e. The van der Waals surface area contributed by atoms with Gasteiger partial charge in [0.15, 0.2) is 0 Å². The fourth-order valence-electron chi connectivity index (χ4n) is 2.03. The van der Waals surface area contributed by atoms with Crippen LogP contribution in [-0.4, -0.2) is 15.5 Å². The summed E-state index contributed by atoms with van der Waals surface area (Å²) in [4.78, 5) is 10.6. The van der Waals surface area contributed by atoms with Crippen molar-refractivity contribution in [2.24, 2.45) is 0 Å². The third-order valence-corrected chi connectivity index (χ3v) is 3.07. The maximum atomic E-state index is 11.0. The lowest BCUT2D eigenvalue weighted by molar-refractivity contribution is -0.385. The molecule has 0 spiro atoms. The van der Waals surface area contributed by atoms with Crippen LogP contribution in [-0.2, 0) is 13.1 Å². The van der Waals surface area contributed by atoms with E-state index in [2.05, 4.69) is 19.2 Å². The van der Waals surface area contributed by atoms with E-state index in [0.29, 0.717) is 12.6 Å². The molecule has 0 atom stereocenters. The smallest absolute Gasteiger partial charge is 0.274 e. The van der Waals surface area contributed by atoms with E-state index >= 15 is 0 Å². The van der Waals surface area contributed by atoms with Gasteiger partial charge in [0.2, 0.25) is 0 Å². The number of nitrogens with one attached hydrogen (secondary N) is 1. The van der Waals surface area contributed by atoms with E-state index in [4.69, 9.17) is 0 Å². The fourth-order valence-corrected chi connectivity index (χ4v) is 2.03. The highest BCUT2D eigenvalue weighted by molar-refractivity contribution is 5.40. The maximum absolute atomic E-state index is 11.0. The molecule has 0 fully saturated rings. The van der Waals surface area contributed by atoms with Crippen molar-refractivity contribution in [3.63, 3.8) is 0 Å². The Balaban J connectivity index is 2.09. The van der Waals surface area contributed by atoms with Crippen molar-refractivity contribution >= 4 is 5.69 Å². The number of nitro groups is 1. The van der Waals surface area contributed by atoms with Crippen LogP contribution in [0.3, 0.4) is 0 Å². The summed E-state index contributed by atoms with van der Waals surface area (Å²) in [6.07, 6.45) is 3.97. The molecule has 0 aliphatic heterocycles. The number of rotatable bonds is 6. The second kappa shape index (κ2) is 6.34. The summed E-state index contributed by atoms with van der Waals surface area (Å²) in [6, 6.07) is 9.32. The van der Waals surface area contributed by atoms with Crippen LogP contribution in [0.5, 0.6) is 0 Å². The van der Waals surface area contributed by atoms with Crippen LogP contribution in [0, 0.1) is 10.1 Å². The van der Waals surface area contributed by atoms with Gasteiger partial charge in [-0.25, -0.2) is 0 Å². The van der Waals surface area contributed by atoms with Crippen molar-refractivity contribution in [3.05, 3.63) is 64.0 Å². The predicted octanol–water partition coefficient (Wildman–Crippen LogP) is 2.94. The highest BCUT2D eigenvalue weighted by atomic mass is 16.6. The standard InChI is InChI=1S/C15H19N3O2/c1-12(2)16-9-13-7-8-17(10-13)11-14-5-3-4-6-15(14)18(19)20/h3-8,10,12,16H,9,11H2,1-2H3. The average Bonchev–Trinajstić information content (AvgIpc) is 2.84. The molecule has 0 aliphatic rings. The van der Waals surface area contributed by atoms with E-state index in [1.54, 1.807) is 18.2 Å². The van der Waals surface area contributed by atoms with E-state index in [-0.39, 0.29) is 10.6 Å². The molecule has 1 aromatic carbocycles. The number of aromatic nitrogens is 1. The highest BCUT2D eigenvalue weighted by Crippen LogP contribution is 2.19. The minimum atomic E-state index is -0.333. The highest BCUT2D eigenvalue weighted by Gasteiger charge is 2.12. The molecule has 2 rings (SSSR count). The van der Waals surface area contributed by atoms with E-state index in [1.165, 1.54) is 5.56 Å². The van der Waals surface area contributed by atoms with Crippen molar-refractivity contribution in [1.82, 2.24) is 9.88 Å².